The van der Waals surface area contributed by atoms with Crippen LogP contribution in [0.4, 0.5) is 4.39 Å². The average Bonchev–Trinajstić information content (AvgIpc) is 2.38. The van der Waals surface area contributed by atoms with Crippen LogP contribution in [0.2, 0.25) is 5.15 Å². The number of benzene rings is 1. The van der Waals surface area contributed by atoms with Crippen molar-refractivity contribution in [1.29, 1.82) is 0 Å². The molecule has 0 saturated heterocycles. The van der Waals surface area contributed by atoms with Crippen LogP contribution in [-0.2, 0) is 6.42 Å². The summed E-state index contributed by atoms with van der Waals surface area (Å²) in [4.78, 5) is 8.03. The fraction of sp³-hybridized carbons (Fsp3) is 0.231. The largest absolute Gasteiger partial charge is 0.497 e. The summed E-state index contributed by atoms with van der Waals surface area (Å²) < 4.78 is 19.0. The molecule has 0 unspecified atom stereocenters. The maximum atomic E-state index is 14.0. The molecule has 0 saturated carbocycles. The first-order chi connectivity index (χ1) is 8.67. The zero-order valence-electron chi connectivity index (χ0n) is 10.1. The van der Waals surface area contributed by atoms with Gasteiger partial charge in [0.15, 0.2) is 0 Å². The molecular formula is C13H12ClFN2O. The highest BCUT2D eigenvalue weighted by Gasteiger charge is 2.14. The van der Waals surface area contributed by atoms with Crippen LogP contribution in [0.5, 0.6) is 5.75 Å². The fourth-order valence-corrected chi connectivity index (χ4v) is 2.02. The molecule has 2 rings (SSSR count). The Morgan fingerprint density at radius 2 is 2.11 bits per heavy atom. The molecule has 0 N–H and O–H groups in total. The minimum Gasteiger partial charge on any atom is -0.497 e. The lowest BCUT2D eigenvalue weighted by molar-refractivity contribution is 0.411. The van der Waals surface area contributed by atoms with Crippen LogP contribution in [0.15, 0.2) is 24.5 Å². The van der Waals surface area contributed by atoms with Crippen molar-refractivity contribution >= 4 is 11.6 Å². The van der Waals surface area contributed by atoms with Crippen LogP contribution in [0.1, 0.15) is 12.5 Å². The zero-order chi connectivity index (χ0) is 13.1. The molecule has 0 bridgehead atoms. The van der Waals surface area contributed by atoms with E-state index in [1.807, 2.05) is 6.92 Å². The van der Waals surface area contributed by atoms with E-state index < -0.39 is 0 Å². The molecule has 5 heteroatoms. The van der Waals surface area contributed by atoms with E-state index in [2.05, 4.69) is 9.97 Å². The van der Waals surface area contributed by atoms with Crippen LogP contribution >= 0.6 is 11.6 Å². The molecule has 0 spiro atoms. The van der Waals surface area contributed by atoms with Crippen molar-refractivity contribution in [1.82, 2.24) is 9.97 Å². The molecule has 94 valence electrons. The van der Waals surface area contributed by atoms with Crippen LogP contribution in [-0.4, -0.2) is 17.1 Å². The van der Waals surface area contributed by atoms with Gasteiger partial charge in [-0.05, 0) is 18.6 Å². The van der Waals surface area contributed by atoms with E-state index in [0.29, 0.717) is 28.6 Å². The Kier molecular flexibility index (Phi) is 3.77. The maximum absolute atomic E-state index is 14.0. The standard InChI is InChI=1S/C13H12ClFN2O/c1-3-9-12(16-7-17-13(9)14)10-5-4-8(18-2)6-11(10)15/h4-7H,3H2,1-2H3. The minimum atomic E-state index is -0.390. The van der Waals surface area contributed by atoms with E-state index in [1.165, 1.54) is 19.5 Å². The first-order valence-corrected chi connectivity index (χ1v) is 5.88. The summed E-state index contributed by atoms with van der Waals surface area (Å²) in [7, 11) is 1.49. The van der Waals surface area contributed by atoms with Crippen LogP contribution in [0, 0.1) is 5.82 Å². The highest BCUT2D eigenvalue weighted by molar-refractivity contribution is 6.30. The Bertz CT molecular complexity index is 575. The third-order valence-electron chi connectivity index (χ3n) is 2.68. The third-order valence-corrected chi connectivity index (χ3v) is 3.00. The summed E-state index contributed by atoms with van der Waals surface area (Å²) in [5.74, 6) is 0.0771. The summed E-state index contributed by atoms with van der Waals surface area (Å²) in [6, 6.07) is 4.64. The van der Waals surface area contributed by atoms with Gasteiger partial charge in [-0.3, -0.25) is 0 Å². The molecule has 0 fully saturated rings. The molecule has 0 amide bonds. The Morgan fingerprint density at radius 1 is 1.33 bits per heavy atom. The Balaban J connectivity index is 2.58. The SMILES string of the molecule is CCc1c(Cl)ncnc1-c1ccc(OC)cc1F. The van der Waals surface area contributed by atoms with Crippen LogP contribution < -0.4 is 4.74 Å². The van der Waals surface area contributed by atoms with Crippen molar-refractivity contribution in [3.63, 3.8) is 0 Å². The van der Waals surface area contributed by atoms with Gasteiger partial charge in [-0.2, -0.15) is 0 Å². The number of rotatable bonds is 3. The van der Waals surface area contributed by atoms with Gasteiger partial charge < -0.3 is 4.74 Å². The van der Waals surface area contributed by atoms with Gasteiger partial charge in [0.1, 0.15) is 23.0 Å². The summed E-state index contributed by atoms with van der Waals surface area (Å²) in [6.07, 6.45) is 1.97. The van der Waals surface area contributed by atoms with Crippen molar-refractivity contribution < 1.29 is 9.13 Å². The predicted molar refractivity (Wildman–Crippen MR) is 68.4 cm³/mol. The molecule has 0 aliphatic heterocycles. The highest BCUT2D eigenvalue weighted by Crippen LogP contribution is 2.29. The minimum absolute atomic E-state index is 0.359. The normalized spacial score (nSPS) is 10.4. The molecule has 0 radical (unpaired) electrons. The Labute approximate surface area is 110 Å². The number of nitrogens with zero attached hydrogens (tertiary/aromatic N) is 2. The fourth-order valence-electron chi connectivity index (χ4n) is 1.75. The molecular weight excluding hydrogens is 255 g/mol. The molecule has 1 heterocycles. The third kappa shape index (κ3) is 2.29. The lowest BCUT2D eigenvalue weighted by atomic mass is 10.0. The van der Waals surface area contributed by atoms with Gasteiger partial charge in [0.05, 0.1) is 12.8 Å². The topological polar surface area (TPSA) is 35.0 Å². The number of halogens is 2. The maximum Gasteiger partial charge on any atom is 0.136 e. The molecule has 1 aromatic carbocycles. The van der Waals surface area contributed by atoms with E-state index in [4.69, 9.17) is 16.3 Å². The zero-order valence-corrected chi connectivity index (χ0v) is 10.8. The monoisotopic (exact) mass is 266 g/mol. The second kappa shape index (κ2) is 5.31. The van der Waals surface area contributed by atoms with E-state index in [1.54, 1.807) is 12.1 Å². The van der Waals surface area contributed by atoms with Crippen LogP contribution in [0.3, 0.4) is 0 Å². The van der Waals surface area contributed by atoms with Crippen molar-refractivity contribution in [3.05, 3.63) is 41.1 Å². The van der Waals surface area contributed by atoms with E-state index in [9.17, 15) is 4.39 Å². The summed E-state index contributed by atoms with van der Waals surface area (Å²) in [5.41, 5.74) is 1.66. The van der Waals surface area contributed by atoms with Crippen molar-refractivity contribution in [2.45, 2.75) is 13.3 Å². The number of ether oxygens (including phenoxy) is 1. The van der Waals surface area contributed by atoms with Gasteiger partial charge in [0.25, 0.3) is 0 Å². The molecule has 0 aliphatic carbocycles. The van der Waals surface area contributed by atoms with Gasteiger partial charge in [0, 0.05) is 17.2 Å². The van der Waals surface area contributed by atoms with Crippen molar-refractivity contribution in [2.24, 2.45) is 0 Å². The van der Waals surface area contributed by atoms with Gasteiger partial charge in [0.2, 0.25) is 0 Å². The predicted octanol–water partition coefficient (Wildman–Crippen LogP) is 3.51. The van der Waals surface area contributed by atoms with E-state index in [0.717, 1.165) is 5.56 Å². The molecule has 0 atom stereocenters. The highest BCUT2D eigenvalue weighted by atomic mass is 35.5. The summed E-state index contributed by atoms with van der Waals surface area (Å²) in [6.45, 7) is 1.93. The summed E-state index contributed by atoms with van der Waals surface area (Å²) >= 11 is 5.99. The second-order valence-corrected chi connectivity index (χ2v) is 4.05. The van der Waals surface area contributed by atoms with Crippen molar-refractivity contribution in [3.8, 4) is 17.0 Å². The summed E-state index contributed by atoms with van der Waals surface area (Å²) in [5, 5.41) is 0.359. The van der Waals surface area contributed by atoms with E-state index >= 15 is 0 Å². The number of hydrogen-bond acceptors (Lipinski definition) is 3. The molecule has 1 aromatic heterocycles. The number of hydrogen-bond donors (Lipinski definition) is 0. The Morgan fingerprint density at radius 3 is 2.72 bits per heavy atom. The first kappa shape index (κ1) is 12.8. The number of methoxy groups -OCH3 is 1. The van der Waals surface area contributed by atoms with Crippen molar-refractivity contribution in [2.75, 3.05) is 7.11 Å². The Hall–Kier alpha value is -1.68. The first-order valence-electron chi connectivity index (χ1n) is 5.50. The van der Waals surface area contributed by atoms with Gasteiger partial charge in [-0.15, -0.1) is 0 Å². The average molecular weight is 267 g/mol. The van der Waals surface area contributed by atoms with Crippen LogP contribution in [0.25, 0.3) is 11.3 Å². The molecule has 18 heavy (non-hydrogen) atoms. The lowest BCUT2D eigenvalue weighted by Crippen LogP contribution is -1.97. The smallest absolute Gasteiger partial charge is 0.136 e. The van der Waals surface area contributed by atoms with E-state index in [-0.39, 0.29) is 5.82 Å². The quantitative estimate of drug-likeness (QED) is 0.798. The molecule has 0 aliphatic rings. The lowest BCUT2D eigenvalue weighted by Gasteiger charge is -2.09. The van der Waals surface area contributed by atoms with Gasteiger partial charge in [-0.1, -0.05) is 18.5 Å². The molecule has 3 nitrogen and oxygen atoms in total. The van der Waals surface area contributed by atoms with Gasteiger partial charge in [-0.25, -0.2) is 14.4 Å². The van der Waals surface area contributed by atoms with Gasteiger partial charge >= 0.3 is 0 Å². The molecule has 2 aromatic rings. The number of aromatic nitrogens is 2. The second-order valence-electron chi connectivity index (χ2n) is 3.69.